The number of aromatic nitrogens is 2. The molecule has 2 aromatic carbocycles. The predicted octanol–water partition coefficient (Wildman–Crippen LogP) is 5.29. The van der Waals surface area contributed by atoms with E-state index in [1.165, 1.54) is 22.2 Å². The van der Waals surface area contributed by atoms with Crippen molar-refractivity contribution in [1.29, 1.82) is 0 Å². The Balaban J connectivity index is 1.46. The lowest BCUT2D eigenvalue weighted by Gasteiger charge is -2.42. The maximum atomic E-state index is 13.4. The summed E-state index contributed by atoms with van der Waals surface area (Å²) in [6.07, 6.45) is 2.50. The SMILES string of the molecule is CN1CCc2ccc(Nc3ncc4c(n3)OC(C)(C)N(c3c(Cl)cccc3Cl)C4=O)cc2C1. The van der Waals surface area contributed by atoms with E-state index in [0.29, 0.717) is 21.7 Å². The average Bonchev–Trinajstić information content (AvgIpc) is 2.75. The maximum Gasteiger partial charge on any atom is 0.268 e. The second-order valence-electron chi connectivity index (χ2n) is 8.77. The summed E-state index contributed by atoms with van der Waals surface area (Å²) in [5.41, 5.74) is 3.09. The monoisotopic (exact) mass is 483 g/mol. The minimum Gasteiger partial charge on any atom is -0.450 e. The van der Waals surface area contributed by atoms with Gasteiger partial charge in [0.2, 0.25) is 11.8 Å². The minimum atomic E-state index is -1.07. The second-order valence-corrected chi connectivity index (χ2v) is 9.58. The smallest absolute Gasteiger partial charge is 0.268 e. The van der Waals surface area contributed by atoms with Crippen molar-refractivity contribution in [3.63, 3.8) is 0 Å². The third kappa shape index (κ3) is 4.01. The Labute approximate surface area is 202 Å². The molecular weight excluding hydrogens is 461 g/mol. The zero-order chi connectivity index (χ0) is 23.3. The Morgan fingerprint density at radius 1 is 1.12 bits per heavy atom. The van der Waals surface area contributed by atoms with Gasteiger partial charge in [-0.2, -0.15) is 4.98 Å². The van der Waals surface area contributed by atoms with Crippen LogP contribution in [0.3, 0.4) is 0 Å². The first-order chi connectivity index (χ1) is 15.7. The topological polar surface area (TPSA) is 70.6 Å². The van der Waals surface area contributed by atoms with E-state index in [0.717, 1.165) is 25.2 Å². The summed E-state index contributed by atoms with van der Waals surface area (Å²) in [6, 6.07) is 11.4. The molecule has 2 aliphatic heterocycles. The average molecular weight is 484 g/mol. The van der Waals surface area contributed by atoms with Gasteiger partial charge in [0, 0.05) is 25.0 Å². The van der Waals surface area contributed by atoms with Crippen molar-refractivity contribution in [2.45, 2.75) is 32.5 Å². The largest absolute Gasteiger partial charge is 0.450 e. The van der Waals surface area contributed by atoms with Crippen molar-refractivity contribution in [3.8, 4) is 5.88 Å². The van der Waals surface area contributed by atoms with Crippen LogP contribution >= 0.6 is 23.2 Å². The molecule has 9 heteroatoms. The van der Waals surface area contributed by atoms with E-state index in [-0.39, 0.29) is 17.4 Å². The molecule has 0 saturated heterocycles. The Hall–Kier alpha value is -2.87. The van der Waals surface area contributed by atoms with Gasteiger partial charge in [0.05, 0.1) is 15.7 Å². The van der Waals surface area contributed by atoms with E-state index in [4.69, 9.17) is 27.9 Å². The number of hydrogen-bond acceptors (Lipinski definition) is 6. The Kier molecular flexibility index (Phi) is 5.43. The second kappa shape index (κ2) is 8.17. The molecule has 0 fully saturated rings. The molecule has 3 aromatic rings. The van der Waals surface area contributed by atoms with Crippen molar-refractivity contribution in [3.05, 3.63) is 69.3 Å². The van der Waals surface area contributed by atoms with Gasteiger partial charge in [-0.1, -0.05) is 35.3 Å². The first-order valence-corrected chi connectivity index (χ1v) is 11.4. The van der Waals surface area contributed by atoms with E-state index in [9.17, 15) is 4.79 Å². The van der Waals surface area contributed by atoms with Crippen molar-refractivity contribution in [2.24, 2.45) is 0 Å². The van der Waals surface area contributed by atoms with Gasteiger partial charge in [0.1, 0.15) is 5.56 Å². The summed E-state index contributed by atoms with van der Waals surface area (Å²) in [5, 5.41) is 3.94. The van der Waals surface area contributed by atoms with E-state index < -0.39 is 5.72 Å². The van der Waals surface area contributed by atoms with Crippen LogP contribution in [0.2, 0.25) is 10.0 Å². The maximum absolute atomic E-state index is 13.4. The molecule has 3 heterocycles. The van der Waals surface area contributed by atoms with Gasteiger partial charge >= 0.3 is 0 Å². The number of para-hydroxylation sites is 1. The molecule has 1 N–H and O–H groups in total. The highest BCUT2D eigenvalue weighted by Gasteiger charge is 2.43. The normalized spacial score (nSPS) is 17.2. The van der Waals surface area contributed by atoms with Crippen molar-refractivity contribution >= 4 is 46.4 Å². The van der Waals surface area contributed by atoms with E-state index in [2.05, 4.69) is 39.4 Å². The molecule has 1 amide bonds. The lowest BCUT2D eigenvalue weighted by molar-refractivity contribution is 0.0606. The number of ether oxygens (including phenoxy) is 1. The standard InChI is InChI=1S/C24H23Cl2N5O2/c1-24(2)31(20-18(25)5-4-6-19(20)26)22(32)17-12-27-23(29-21(17)33-24)28-16-8-7-14-9-10-30(3)13-15(14)11-16/h4-8,11-12H,9-10,13H2,1-3H3,(H,27,28,29). The van der Waals surface area contributed by atoms with Crippen LogP contribution in [0.1, 0.15) is 35.3 Å². The summed E-state index contributed by atoms with van der Waals surface area (Å²) >= 11 is 12.8. The number of hydrogen-bond donors (Lipinski definition) is 1. The number of nitrogens with zero attached hydrogens (tertiary/aromatic N) is 4. The highest BCUT2D eigenvalue weighted by atomic mass is 35.5. The Morgan fingerprint density at radius 2 is 1.88 bits per heavy atom. The number of likely N-dealkylation sites (N-methyl/N-ethyl adjacent to an activating group) is 1. The molecule has 5 rings (SSSR count). The highest BCUT2D eigenvalue weighted by molar-refractivity contribution is 6.40. The summed E-state index contributed by atoms with van der Waals surface area (Å²) in [7, 11) is 2.12. The van der Waals surface area contributed by atoms with Crippen LogP contribution in [-0.2, 0) is 13.0 Å². The molecule has 170 valence electrons. The lowest BCUT2D eigenvalue weighted by atomic mass is 9.99. The van der Waals surface area contributed by atoms with E-state index in [1.54, 1.807) is 32.0 Å². The summed E-state index contributed by atoms with van der Waals surface area (Å²) in [4.78, 5) is 26.0. The fourth-order valence-corrected chi connectivity index (χ4v) is 4.84. The van der Waals surface area contributed by atoms with Crippen LogP contribution in [-0.4, -0.2) is 40.1 Å². The molecule has 0 atom stereocenters. The number of carbonyl (C=O) groups is 1. The quantitative estimate of drug-likeness (QED) is 0.545. The van der Waals surface area contributed by atoms with Crippen LogP contribution < -0.4 is 15.0 Å². The van der Waals surface area contributed by atoms with Crippen LogP contribution in [0.4, 0.5) is 17.3 Å². The molecule has 0 aliphatic carbocycles. The first kappa shape index (κ1) is 21.9. The molecule has 0 spiro atoms. The van der Waals surface area contributed by atoms with Crippen LogP contribution in [0.25, 0.3) is 0 Å². The molecule has 0 radical (unpaired) electrons. The molecule has 33 heavy (non-hydrogen) atoms. The van der Waals surface area contributed by atoms with Crippen molar-refractivity contribution in [1.82, 2.24) is 14.9 Å². The van der Waals surface area contributed by atoms with Crippen molar-refractivity contribution in [2.75, 3.05) is 23.8 Å². The number of amides is 1. The molecule has 1 aromatic heterocycles. The molecule has 0 unspecified atom stereocenters. The fraction of sp³-hybridized carbons (Fsp3) is 0.292. The third-order valence-corrected chi connectivity index (χ3v) is 6.51. The highest BCUT2D eigenvalue weighted by Crippen LogP contribution is 2.42. The van der Waals surface area contributed by atoms with Gasteiger partial charge in [-0.25, -0.2) is 4.98 Å². The van der Waals surface area contributed by atoms with Gasteiger partial charge in [-0.3, -0.25) is 9.69 Å². The van der Waals surface area contributed by atoms with Gasteiger partial charge in [0.25, 0.3) is 5.91 Å². The predicted molar refractivity (Wildman–Crippen MR) is 130 cm³/mol. The van der Waals surface area contributed by atoms with Gasteiger partial charge < -0.3 is 15.0 Å². The zero-order valence-electron chi connectivity index (χ0n) is 18.5. The number of nitrogens with one attached hydrogen (secondary N) is 1. The number of carbonyl (C=O) groups excluding carboxylic acids is 1. The number of benzene rings is 2. The molecule has 0 bridgehead atoms. The van der Waals surface area contributed by atoms with Gasteiger partial charge in [0.15, 0.2) is 5.72 Å². The molecule has 0 saturated carbocycles. The fourth-order valence-electron chi connectivity index (χ4n) is 4.28. The van der Waals surface area contributed by atoms with Crippen LogP contribution in [0.15, 0.2) is 42.6 Å². The van der Waals surface area contributed by atoms with E-state index in [1.807, 2.05) is 6.07 Å². The number of anilines is 3. The lowest BCUT2D eigenvalue weighted by Crippen LogP contribution is -2.55. The van der Waals surface area contributed by atoms with Crippen LogP contribution in [0, 0.1) is 0 Å². The van der Waals surface area contributed by atoms with E-state index >= 15 is 0 Å². The van der Waals surface area contributed by atoms with Crippen molar-refractivity contribution < 1.29 is 9.53 Å². The van der Waals surface area contributed by atoms with Crippen LogP contribution in [0.5, 0.6) is 5.88 Å². The molecule has 7 nitrogen and oxygen atoms in total. The number of halogens is 2. The molecular formula is C24H23Cl2N5O2. The number of fused-ring (bicyclic) bond motifs is 2. The summed E-state index contributed by atoms with van der Waals surface area (Å²) < 4.78 is 6.14. The molecule has 2 aliphatic rings. The summed E-state index contributed by atoms with van der Waals surface area (Å²) in [5.74, 6) is 0.227. The minimum absolute atomic E-state index is 0.208. The summed E-state index contributed by atoms with van der Waals surface area (Å²) in [6.45, 7) is 5.50. The van der Waals surface area contributed by atoms with Gasteiger partial charge in [-0.15, -0.1) is 0 Å². The zero-order valence-corrected chi connectivity index (χ0v) is 20.0. The third-order valence-electron chi connectivity index (χ3n) is 5.90. The first-order valence-electron chi connectivity index (χ1n) is 10.6. The Bertz CT molecular complexity index is 1240. The van der Waals surface area contributed by atoms with Gasteiger partial charge in [-0.05, 0) is 62.7 Å². The Morgan fingerprint density at radius 3 is 2.64 bits per heavy atom. The number of rotatable bonds is 3.